The monoisotopic (exact) mass is 370 g/mol. The molecule has 0 N–H and O–H groups in total. The van der Waals surface area contributed by atoms with Crippen molar-refractivity contribution in [3.63, 3.8) is 0 Å². The van der Waals surface area contributed by atoms with E-state index in [1.807, 2.05) is 30.3 Å². The van der Waals surface area contributed by atoms with Crippen molar-refractivity contribution < 1.29 is 14.4 Å². The number of benzene rings is 1. The molecule has 1 heterocycles. The Labute approximate surface area is 145 Å². The second-order valence-electron chi connectivity index (χ2n) is 5.44. The average molecular weight is 371 g/mol. The van der Waals surface area contributed by atoms with Gasteiger partial charge in [-0.05, 0) is 17.7 Å². The topological polar surface area (TPSA) is 51.2 Å². The van der Waals surface area contributed by atoms with Gasteiger partial charge in [-0.2, -0.15) is 0 Å². The summed E-state index contributed by atoms with van der Waals surface area (Å²) in [6.07, 6.45) is 3.20. The maximum atomic E-state index is 12.6. The van der Waals surface area contributed by atoms with Crippen LogP contribution in [0.3, 0.4) is 0 Å². The SMILES string of the molecule is CC(=O)[SH]1(C(C)=O)(C(C)=O)C(Cl)=CC=C1SCc1ccccc1. The third kappa shape index (κ3) is 2.25. The summed E-state index contributed by atoms with van der Waals surface area (Å²) in [6.45, 7) is 3.91. The van der Waals surface area contributed by atoms with Crippen LogP contribution in [0, 0.1) is 0 Å². The highest BCUT2D eigenvalue weighted by Crippen LogP contribution is 2.86. The lowest BCUT2D eigenvalue weighted by molar-refractivity contribution is -0.114. The van der Waals surface area contributed by atoms with Crippen LogP contribution in [0.25, 0.3) is 0 Å². The zero-order valence-electron chi connectivity index (χ0n) is 13.2. The van der Waals surface area contributed by atoms with Gasteiger partial charge < -0.3 is 0 Å². The minimum absolute atomic E-state index is 0.0964. The highest BCUT2D eigenvalue weighted by atomic mass is 35.5. The summed E-state index contributed by atoms with van der Waals surface area (Å²) < 4.78 is 0.608. The molecule has 0 spiro atoms. The first-order chi connectivity index (χ1) is 10.8. The Hall–Kier alpha value is -1.30. The fraction of sp³-hybridized carbons (Fsp3) is 0.235. The van der Waals surface area contributed by atoms with Gasteiger partial charge in [-0.25, -0.2) is 0 Å². The number of thiol groups is 1. The predicted molar refractivity (Wildman–Crippen MR) is 101 cm³/mol. The normalized spacial score (nSPS) is 19.9. The molecule has 0 amide bonds. The Balaban J connectivity index is 2.53. The molecule has 0 atom stereocenters. The van der Waals surface area contributed by atoms with Gasteiger partial charge in [-0.1, -0.05) is 51.1 Å². The van der Waals surface area contributed by atoms with E-state index in [1.54, 1.807) is 6.08 Å². The van der Waals surface area contributed by atoms with Gasteiger partial charge in [0.15, 0.2) is 15.3 Å². The molecule has 0 bridgehead atoms. The van der Waals surface area contributed by atoms with Gasteiger partial charge in [0.1, 0.15) is 0 Å². The summed E-state index contributed by atoms with van der Waals surface area (Å²) >= 11 is 7.70. The summed E-state index contributed by atoms with van der Waals surface area (Å²) in [5, 5.41) is -1.29. The van der Waals surface area contributed by atoms with Crippen LogP contribution in [-0.4, -0.2) is 15.3 Å². The third-order valence-electron chi connectivity index (χ3n) is 4.35. The highest BCUT2D eigenvalue weighted by molar-refractivity contribution is 8.86. The lowest BCUT2D eigenvalue weighted by Gasteiger charge is -2.53. The molecule has 1 aromatic carbocycles. The van der Waals surface area contributed by atoms with Crippen LogP contribution in [0.5, 0.6) is 0 Å². The van der Waals surface area contributed by atoms with E-state index >= 15 is 0 Å². The van der Waals surface area contributed by atoms with Gasteiger partial charge >= 0.3 is 0 Å². The van der Waals surface area contributed by atoms with Crippen LogP contribution in [-0.2, 0) is 20.1 Å². The molecule has 2 rings (SSSR count). The standard InChI is InChI=1S/C17H19ClO3S2/c1-12(19)23(13(2)20,14(3)21)16(18)9-10-17(23)22-11-15-7-5-4-6-8-15/h4-10,23H,11H2,1-3H3. The molecule has 124 valence electrons. The zero-order valence-corrected chi connectivity index (χ0v) is 15.7. The van der Waals surface area contributed by atoms with Gasteiger partial charge in [-0.15, -0.1) is 11.8 Å². The minimum atomic E-state index is -4.27. The van der Waals surface area contributed by atoms with Gasteiger partial charge in [0.25, 0.3) is 0 Å². The van der Waals surface area contributed by atoms with E-state index in [2.05, 4.69) is 0 Å². The molecule has 0 unspecified atom stereocenters. The van der Waals surface area contributed by atoms with E-state index < -0.39 is 24.5 Å². The van der Waals surface area contributed by atoms with Gasteiger partial charge in [0.2, 0.25) is 0 Å². The van der Waals surface area contributed by atoms with Crippen molar-refractivity contribution in [2.45, 2.75) is 26.5 Å². The molecule has 1 aliphatic rings. The van der Waals surface area contributed by atoms with Crippen molar-refractivity contribution in [1.82, 2.24) is 0 Å². The summed E-state index contributed by atoms with van der Waals surface area (Å²) in [7, 11) is -4.27. The van der Waals surface area contributed by atoms with Crippen molar-refractivity contribution in [2.24, 2.45) is 0 Å². The van der Waals surface area contributed by atoms with Crippen LogP contribution < -0.4 is 0 Å². The van der Waals surface area contributed by atoms with E-state index in [1.165, 1.54) is 38.6 Å². The van der Waals surface area contributed by atoms with E-state index in [4.69, 9.17) is 11.6 Å². The van der Waals surface area contributed by atoms with Crippen molar-refractivity contribution in [1.29, 1.82) is 0 Å². The fourth-order valence-corrected chi connectivity index (χ4v) is 12.1. The molecule has 0 saturated heterocycles. The Kier molecular flexibility index (Phi) is 4.95. The first kappa shape index (κ1) is 18.0. The Morgan fingerprint density at radius 2 is 1.48 bits per heavy atom. The highest BCUT2D eigenvalue weighted by Gasteiger charge is 2.61. The Bertz CT molecular complexity index is 712. The molecule has 23 heavy (non-hydrogen) atoms. The second kappa shape index (κ2) is 6.30. The molecule has 1 aliphatic heterocycles. The van der Waals surface area contributed by atoms with Gasteiger partial charge in [0, 0.05) is 30.8 Å². The molecular weight excluding hydrogens is 352 g/mol. The largest absolute Gasteiger partial charge is 0.289 e. The maximum absolute atomic E-state index is 12.6. The van der Waals surface area contributed by atoms with Gasteiger partial charge in [-0.3, -0.25) is 14.4 Å². The maximum Gasteiger partial charge on any atom is 0.174 e. The van der Waals surface area contributed by atoms with Crippen molar-refractivity contribution in [2.75, 3.05) is 0 Å². The van der Waals surface area contributed by atoms with E-state index in [0.29, 0.717) is 9.99 Å². The summed E-state index contributed by atoms with van der Waals surface area (Å²) in [5.41, 5.74) is 1.05. The van der Waals surface area contributed by atoms with Crippen LogP contribution >= 0.6 is 32.5 Å². The molecule has 0 aliphatic carbocycles. The zero-order chi connectivity index (χ0) is 17.3. The first-order valence-corrected chi connectivity index (χ1v) is 10.7. The molecule has 0 aromatic heterocycles. The molecule has 0 saturated carbocycles. The van der Waals surface area contributed by atoms with Crippen molar-refractivity contribution in [3.05, 3.63) is 56.6 Å². The number of carbonyl (C=O) groups excluding carboxylic acids is 3. The molecule has 6 heteroatoms. The smallest absolute Gasteiger partial charge is 0.174 e. The predicted octanol–water partition coefficient (Wildman–Crippen LogP) is 4.57. The lowest BCUT2D eigenvalue weighted by atomic mass is 10.2. The van der Waals surface area contributed by atoms with Crippen LogP contribution in [0.2, 0.25) is 0 Å². The van der Waals surface area contributed by atoms with Crippen molar-refractivity contribution >= 4 is 47.9 Å². The quantitative estimate of drug-likeness (QED) is 0.792. The number of allylic oxidation sites excluding steroid dienone is 2. The van der Waals surface area contributed by atoms with E-state index in [0.717, 1.165) is 5.56 Å². The number of hydrogen-bond donors (Lipinski definition) is 1. The lowest BCUT2D eigenvalue weighted by Crippen LogP contribution is -2.37. The number of thioether (sulfide) groups is 1. The first-order valence-electron chi connectivity index (χ1n) is 7.09. The van der Waals surface area contributed by atoms with Crippen molar-refractivity contribution in [3.8, 4) is 0 Å². The number of carbonyl (C=O) groups is 3. The number of halogens is 1. The average Bonchev–Trinajstić information content (AvgIpc) is 2.81. The van der Waals surface area contributed by atoms with E-state index in [-0.39, 0.29) is 4.36 Å². The molecule has 1 aromatic rings. The molecule has 0 radical (unpaired) electrons. The molecular formula is C17H19ClO3S2. The van der Waals surface area contributed by atoms with Gasteiger partial charge in [0.05, 0.1) is 4.36 Å². The minimum Gasteiger partial charge on any atom is -0.289 e. The van der Waals surface area contributed by atoms with Crippen LogP contribution in [0.4, 0.5) is 0 Å². The fourth-order valence-electron chi connectivity index (χ4n) is 3.03. The van der Waals surface area contributed by atoms with Crippen LogP contribution in [0.15, 0.2) is 51.1 Å². The molecule has 0 fully saturated rings. The summed E-state index contributed by atoms with van der Waals surface area (Å²) in [6, 6.07) is 9.68. The number of hydrogen-bond acceptors (Lipinski definition) is 4. The Morgan fingerprint density at radius 3 is 1.96 bits per heavy atom. The Morgan fingerprint density at radius 1 is 0.957 bits per heavy atom. The van der Waals surface area contributed by atoms with E-state index in [9.17, 15) is 14.4 Å². The molecule has 3 nitrogen and oxygen atoms in total. The van der Waals surface area contributed by atoms with Crippen LogP contribution in [0.1, 0.15) is 26.3 Å². The summed E-state index contributed by atoms with van der Waals surface area (Å²) in [5.74, 6) is 0.566. The third-order valence-corrected chi connectivity index (χ3v) is 13.7. The number of rotatable bonds is 3. The summed E-state index contributed by atoms with van der Waals surface area (Å²) in [4.78, 5) is 37.9. The second-order valence-corrected chi connectivity index (χ2v) is 12.5.